The number of tetrazole rings is 1. The number of aromatic nitrogens is 4. The van der Waals surface area contributed by atoms with E-state index in [2.05, 4.69) is 71.1 Å². The number of β-lactam (4-membered cyclic amide) rings is 1. The first kappa shape index (κ1) is 27.4. The van der Waals surface area contributed by atoms with Crippen molar-refractivity contribution < 1.29 is 9.90 Å². The van der Waals surface area contributed by atoms with Gasteiger partial charge in [-0.2, -0.15) is 0 Å². The van der Waals surface area contributed by atoms with Crippen LogP contribution in [0.25, 0.3) is 0 Å². The summed E-state index contributed by atoms with van der Waals surface area (Å²) in [4.78, 5) is 16.2. The van der Waals surface area contributed by atoms with Gasteiger partial charge in [-0.1, -0.05) is 103 Å². The number of thioether (sulfide) groups is 1. The predicted molar refractivity (Wildman–Crippen MR) is 166 cm³/mol. The fourth-order valence-electron chi connectivity index (χ4n) is 6.51. The number of benzene rings is 4. The van der Waals surface area contributed by atoms with Gasteiger partial charge in [-0.05, 0) is 58.7 Å². The van der Waals surface area contributed by atoms with Crippen molar-refractivity contribution in [3.63, 3.8) is 0 Å². The molecule has 2 unspecified atom stereocenters. The van der Waals surface area contributed by atoms with Crippen LogP contribution in [0.15, 0.2) is 115 Å². The van der Waals surface area contributed by atoms with Crippen LogP contribution in [-0.4, -0.2) is 52.3 Å². The summed E-state index contributed by atoms with van der Waals surface area (Å²) in [5, 5.41) is 26.2. The van der Waals surface area contributed by atoms with Crippen LogP contribution in [0.4, 0.5) is 0 Å². The topological polar surface area (TPSA) is 96.2 Å². The molecule has 1 aromatic heterocycles. The number of hydrogen-bond donors (Lipinski definition) is 2. The number of fused-ring (bicyclic) bond motifs is 1. The number of aromatic hydroxyl groups is 1. The maximum absolute atomic E-state index is 14.3. The Bertz CT molecular complexity index is 1630. The molecule has 7 rings (SSSR count). The van der Waals surface area contributed by atoms with Crippen molar-refractivity contribution in [2.24, 2.45) is 0 Å². The van der Waals surface area contributed by atoms with Gasteiger partial charge in [0.2, 0.25) is 5.91 Å². The molecule has 3 heterocycles. The fourth-order valence-corrected chi connectivity index (χ4v) is 8.14. The van der Waals surface area contributed by atoms with Crippen molar-refractivity contribution in [1.29, 1.82) is 0 Å². The summed E-state index contributed by atoms with van der Waals surface area (Å²) in [6.45, 7) is 4.75. The lowest BCUT2D eigenvalue weighted by Crippen LogP contribution is -2.70. The van der Waals surface area contributed by atoms with Crippen molar-refractivity contribution in [1.82, 2.24) is 30.4 Å². The van der Waals surface area contributed by atoms with Crippen LogP contribution < -0.4 is 5.32 Å². The first-order valence-electron chi connectivity index (χ1n) is 14.4. The summed E-state index contributed by atoms with van der Waals surface area (Å²) in [7, 11) is 0. The standard InChI is InChI=1S/C34H32N6O2S/c1-33(2)29(30-36-37-38-39(30)22-23-18-20-27(41)21-19-23)40-31(42)28(32(40)43-33)35-34(24-12-6-3-7-13-24,25-14-8-4-9-15-25)26-16-10-5-11-17-26/h3-21,28-29,32,35,41H,22H2,1-2H3/t28?,29?,32-/m0/s1. The Morgan fingerprint density at radius 3 is 1.91 bits per heavy atom. The molecule has 0 bridgehead atoms. The Labute approximate surface area is 254 Å². The van der Waals surface area contributed by atoms with Gasteiger partial charge in [0.1, 0.15) is 23.2 Å². The monoisotopic (exact) mass is 588 g/mol. The van der Waals surface area contributed by atoms with Crippen molar-refractivity contribution in [2.75, 3.05) is 0 Å². The SMILES string of the molecule is CC1(C)S[C@H]2C(NC(c3ccccc3)(c3ccccc3)c3ccccc3)C(=O)N2C1c1nnnn1Cc1ccc(O)cc1. The highest BCUT2D eigenvalue weighted by Crippen LogP contribution is 2.57. The van der Waals surface area contributed by atoms with Gasteiger partial charge in [-0.3, -0.25) is 10.1 Å². The third-order valence-electron chi connectivity index (χ3n) is 8.51. The smallest absolute Gasteiger partial charge is 0.244 e. The number of carbonyl (C=O) groups is 1. The summed E-state index contributed by atoms with van der Waals surface area (Å²) < 4.78 is 1.42. The Morgan fingerprint density at radius 2 is 1.37 bits per heavy atom. The molecule has 4 aromatic carbocycles. The number of phenolic OH excluding ortho intramolecular Hbond substituents is 1. The maximum Gasteiger partial charge on any atom is 0.244 e. The zero-order valence-corrected chi connectivity index (χ0v) is 24.7. The van der Waals surface area contributed by atoms with Crippen LogP contribution in [0.3, 0.4) is 0 Å². The van der Waals surface area contributed by atoms with Gasteiger partial charge >= 0.3 is 0 Å². The molecule has 2 aliphatic heterocycles. The van der Waals surface area contributed by atoms with Gasteiger partial charge in [0.15, 0.2) is 5.82 Å². The van der Waals surface area contributed by atoms with E-state index in [1.54, 1.807) is 28.6 Å². The van der Waals surface area contributed by atoms with Crippen LogP contribution in [0.1, 0.15) is 48.0 Å². The fraction of sp³-hybridized carbons (Fsp3) is 0.235. The molecule has 3 atom stereocenters. The number of nitrogens with zero attached hydrogens (tertiary/aromatic N) is 5. The molecule has 2 saturated heterocycles. The molecule has 0 aliphatic carbocycles. The van der Waals surface area contributed by atoms with Gasteiger partial charge in [0.05, 0.1) is 12.1 Å². The first-order chi connectivity index (χ1) is 20.9. The van der Waals surface area contributed by atoms with Crippen LogP contribution >= 0.6 is 11.8 Å². The number of phenols is 1. The highest BCUT2D eigenvalue weighted by Gasteiger charge is 2.64. The van der Waals surface area contributed by atoms with Gasteiger partial charge in [0.25, 0.3) is 0 Å². The Morgan fingerprint density at radius 1 is 0.837 bits per heavy atom. The minimum absolute atomic E-state index is 0.0272. The number of carbonyl (C=O) groups excluding carboxylic acids is 1. The van der Waals surface area contributed by atoms with Crippen molar-refractivity contribution in [3.8, 4) is 5.75 Å². The quantitative estimate of drug-likeness (QED) is 0.192. The van der Waals surface area contributed by atoms with E-state index < -0.39 is 11.6 Å². The largest absolute Gasteiger partial charge is 0.508 e. The second-order valence-electron chi connectivity index (χ2n) is 11.6. The van der Waals surface area contributed by atoms with Gasteiger partial charge < -0.3 is 10.0 Å². The molecule has 216 valence electrons. The lowest BCUT2D eigenvalue weighted by Gasteiger charge is -2.49. The molecule has 8 nitrogen and oxygen atoms in total. The molecule has 1 amide bonds. The van der Waals surface area contributed by atoms with Crippen LogP contribution in [0.2, 0.25) is 0 Å². The number of nitrogens with one attached hydrogen (secondary N) is 1. The second-order valence-corrected chi connectivity index (χ2v) is 13.4. The van der Waals surface area contributed by atoms with E-state index in [-0.39, 0.29) is 27.8 Å². The highest BCUT2D eigenvalue weighted by atomic mass is 32.2. The molecule has 2 aliphatic rings. The van der Waals surface area contributed by atoms with E-state index in [0.29, 0.717) is 12.4 Å². The number of amides is 1. The van der Waals surface area contributed by atoms with Gasteiger partial charge in [0, 0.05) is 4.75 Å². The summed E-state index contributed by atoms with van der Waals surface area (Å²) in [5.41, 5.74) is 3.40. The zero-order chi connectivity index (χ0) is 29.6. The van der Waals surface area contributed by atoms with Crippen LogP contribution in [-0.2, 0) is 16.9 Å². The summed E-state index contributed by atoms with van der Waals surface area (Å²) in [5.74, 6) is 0.888. The van der Waals surface area contributed by atoms with E-state index in [4.69, 9.17) is 0 Å². The Hall–Kier alpha value is -4.47. The summed E-state index contributed by atoms with van der Waals surface area (Å²) >= 11 is 1.78. The van der Waals surface area contributed by atoms with Crippen molar-refractivity contribution in [2.45, 2.75) is 48.1 Å². The third kappa shape index (κ3) is 4.60. The summed E-state index contributed by atoms with van der Waals surface area (Å²) in [6.07, 6.45) is 0. The average Bonchev–Trinajstić information content (AvgIpc) is 3.59. The predicted octanol–water partition coefficient (Wildman–Crippen LogP) is 5.11. The average molecular weight is 589 g/mol. The van der Waals surface area contributed by atoms with E-state index in [9.17, 15) is 9.90 Å². The highest BCUT2D eigenvalue weighted by molar-refractivity contribution is 8.01. The summed E-state index contributed by atoms with van der Waals surface area (Å²) in [6, 6.07) is 37.3. The van der Waals surface area contributed by atoms with Gasteiger partial charge in [-0.15, -0.1) is 16.9 Å². The molecule has 9 heteroatoms. The minimum Gasteiger partial charge on any atom is -0.508 e. The maximum atomic E-state index is 14.3. The van der Waals surface area contributed by atoms with Gasteiger partial charge in [-0.25, -0.2) is 4.68 Å². The van der Waals surface area contributed by atoms with E-state index in [1.165, 1.54) is 0 Å². The van der Waals surface area contributed by atoms with Crippen molar-refractivity contribution in [3.05, 3.63) is 143 Å². The number of rotatable bonds is 8. The molecule has 0 saturated carbocycles. The molecule has 0 spiro atoms. The normalized spacial score (nSPS) is 20.9. The van der Waals surface area contributed by atoms with E-state index >= 15 is 0 Å². The second kappa shape index (κ2) is 10.7. The molecular formula is C34H32N6O2S. The molecular weight excluding hydrogens is 556 g/mol. The van der Waals surface area contributed by atoms with Crippen molar-refractivity contribution >= 4 is 17.7 Å². The van der Waals surface area contributed by atoms with E-state index in [0.717, 1.165) is 22.3 Å². The Kier molecular flexibility index (Phi) is 6.79. The lowest BCUT2D eigenvalue weighted by molar-refractivity contribution is -0.150. The van der Waals surface area contributed by atoms with Crippen LogP contribution in [0, 0.1) is 0 Å². The Balaban J connectivity index is 1.26. The lowest BCUT2D eigenvalue weighted by atomic mass is 9.76. The third-order valence-corrected chi connectivity index (χ3v) is 10.1. The molecule has 2 N–H and O–H groups in total. The minimum atomic E-state index is -0.751. The zero-order valence-electron chi connectivity index (χ0n) is 23.9. The van der Waals surface area contributed by atoms with Crippen LogP contribution in [0.5, 0.6) is 5.75 Å². The first-order valence-corrected chi connectivity index (χ1v) is 15.2. The number of hydrogen-bond acceptors (Lipinski definition) is 7. The van der Waals surface area contributed by atoms with E-state index in [1.807, 2.05) is 71.6 Å². The molecule has 5 aromatic rings. The molecule has 43 heavy (non-hydrogen) atoms. The molecule has 2 fully saturated rings. The molecule has 0 radical (unpaired) electrons.